The number of hydrogen-bond acceptors (Lipinski definition) is 6. The number of nitrogens with zero attached hydrogens (tertiary/aromatic N) is 3. The van der Waals surface area contributed by atoms with Crippen LogP contribution in [0.5, 0.6) is 0 Å². The molecule has 0 unspecified atom stereocenters. The molecule has 28 heavy (non-hydrogen) atoms. The molecule has 0 spiro atoms. The van der Waals surface area contributed by atoms with E-state index >= 15 is 0 Å². The second-order valence-corrected chi connectivity index (χ2v) is 6.02. The first kappa shape index (κ1) is 23.4. The Morgan fingerprint density at radius 1 is 1.07 bits per heavy atom. The number of rotatable bonds is 5. The van der Waals surface area contributed by atoms with Gasteiger partial charge in [0.25, 0.3) is 0 Å². The van der Waals surface area contributed by atoms with E-state index in [9.17, 15) is 9.59 Å². The van der Waals surface area contributed by atoms with Crippen LogP contribution in [0.4, 0.5) is 5.82 Å². The van der Waals surface area contributed by atoms with E-state index in [4.69, 9.17) is 4.74 Å². The van der Waals surface area contributed by atoms with Gasteiger partial charge in [-0.2, -0.15) is 0 Å². The monoisotopic (exact) mass is 385 g/mol. The number of morpholine rings is 1. The summed E-state index contributed by atoms with van der Waals surface area (Å²) in [6, 6.07) is 7.46. The molecule has 2 aromatic heterocycles. The lowest BCUT2D eigenvalue weighted by Gasteiger charge is -2.27. The van der Waals surface area contributed by atoms with Gasteiger partial charge in [0.2, 0.25) is 0 Å². The maximum Gasteiger partial charge on any atom is 0.164 e. The molecule has 0 saturated carbocycles. The zero-order valence-electron chi connectivity index (χ0n) is 17.4. The van der Waals surface area contributed by atoms with E-state index in [0.29, 0.717) is 18.4 Å². The molecule has 1 aliphatic rings. The quantitative estimate of drug-likeness (QED) is 0.730. The molecule has 3 rings (SSSR count). The lowest BCUT2D eigenvalue weighted by atomic mass is 10.1. The third-order valence-corrected chi connectivity index (χ3v) is 3.93. The van der Waals surface area contributed by atoms with Gasteiger partial charge in [0, 0.05) is 50.1 Å². The highest BCUT2D eigenvalue weighted by Crippen LogP contribution is 2.13. The van der Waals surface area contributed by atoms with Gasteiger partial charge in [-0.25, -0.2) is 4.98 Å². The average molecular weight is 386 g/mol. The molecule has 6 heteroatoms. The van der Waals surface area contributed by atoms with Crippen LogP contribution in [0.25, 0.3) is 0 Å². The first-order chi connectivity index (χ1) is 13.6. The first-order valence-electron chi connectivity index (χ1n) is 9.80. The summed E-state index contributed by atoms with van der Waals surface area (Å²) in [5, 5.41) is 0. The van der Waals surface area contributed by atoms with E-state index in [2.05, 4.69) is 14.9 Å². The van der Waals surface area contributed by atoms with Crippen molar-refractivity contribution in [2.75, 3.05) is 31.2 Å². The van der Waals surface area contributed by atoms with Crippen LogP contribution in [0.3, 0.4) is 0 Å². The van der Waals surface area contributed by atoms with Gasteiger partial charge >= 0.3 is 0 Å². The van der Waals surface area contributed by atoms with Gasteiger partial charge in [0.1, 0.15) is 11.6 Å². The number of pyridine rings is 2. The van der Waals surface area contributed by atoms with Crippen molar-refractivity contribution in [3.8, 4) is 0 Å². The van der Waals surface area contributed by atoms with E-state index in [0.717, 1.165) is 37.7 Å². The molecule has 0 aromatic carbocycles. The summed E-state index contributed by atoms with van der Waals surface area (Å²) in [6.45, 7) is 10.7. The Morgan fingerprint density at radius 2 is 1.71 bits per heavy atom. The molecular formula is C22H31N3O3. The minimum Gasteiger partial charge on any atom is -0.378 e. The van der Waals surface area contributed by atoms with Gasteiger partial charge in [0.15, 0.2) is 5.78 Å². The molecular weight excluding hydrogens is 354 g/mol. The largest absolute Gasteiger partial charge is 0.378 e. The van der Waals surface area contributed by atoms with Crippen LogP contribution in [0.1, 0.15) is 50.0 Å². The van der Waals surface area contributed by atoms with Gasteiger partial charge < -0.3 is 9.64 Å². The maximum atomic E-state index is 11.4. The zero-order chi connectivity index (χ0) is 20.8. The normalized spacial score (nSPS) is 12.8. The number of carbonyl (C=O) groups is 2. The van der Waals surface area contributed by atoms with Crippen molar-refractivity contribution in [2.45, 2.75) is 40.5 Å². The summed E-state index contributed by atoms with van der Waals surface area (Å²) >= 11 is 0. The zero-order valence-corrected chi connectivity index (χ0v) is 17.4. The van der Waals surface area contributed by atoms with Crippen LogP contribution in [-0.2, 0) is 16.0 Å². The predicted octanol–water partition coefficient (Wildman–Crippen LogP) is 3.75. The predicted molar refractivity (Wildman–Crippen MR) is 112 cm³/mol. The Labute approximate surface area is 168 Å². The first-order valence-corrected chi connectivity index (χ1v) is 9.80. The van der Waals surface area contributed by atoms with Crippen molar-refractivity contribution in [3.05, 3.63) is 54.0 Å². The molecule has 6 nitrogen and oxygen atoms in total. The highest BCUT2D eigenvalue weighted by atomic mass is 16.5. The van der Waals surface area contributed by atoms with Crippen molar-refractivity contribution < 1.29 is 14.3 Å². The van der Waals surface area contributed by atoms with E-state index in [1.807, 2.05) is 45.0 Å². The number of aromatic nitrogens is 2. The lowest BCUT2D eigenvalue weighted by molar-refractivity contribution is -0.116. The summed E-state index contributed by atoms with van der Waals surface area (Å²) in [5.41, 5.74) is 1.72. The maximum absolute atomic E-state index is 11.4. The summed E-state index contributed by atoms with van der Waals surface area (Å²) in [5.74, 6) is 1.25. The molecule has 0 N–H and O–H groups in total. The summed E-state index contributed by atoms with van der Waals surface area (Å²) < 4.78 is 5.28. The van der Waals surface area contributed by atoms with E-state index < -0.39 is 0 Å². The van der Waals surface area contributed by atoms with Crippen LogP contribution < -0.4 is 4.90 Å². The number of carbonyl (C=O) groups excluding carboxylic acids is 2. The SMILES string of the molecule is CC.CC(=O)Cc1ccncc1.CCC(=O)c1ccc(N2CCOCC2)nc1. The summed E-state index contributed by atoms with van der Waals surface area (Å²) in [4.78, 5) is 32.4. The highest BCUT2D eigenvalue weighted by Gasteiger charge is 2.12. The van der Waals surface area contributed by atoms with E-state index in [1.54, 1.807) is 25.5 Å². The molecule has 1 fully saturated rings. The number of anilines is 1. The van der Waals surface area contributed by atoms with Gasteiger partial charge in [-0.05, 0) is 36.8 Å². The minimum absolute atomic E-state index is 0.140. The van der Waals surface area contributed by atoms with Gasteiger partial charge in [-0.15, -0.1) is 0 Å². The molecule has 1 aliphatic heterocycles. The standard InChI is InChI=1S/C12H16N2O2.C8H9NO.C2H6/c1-2-11(15)10-3-4-12(13-9-10)14-5-7-16-8-6-14;1-7(10)6-8-2-4-9-5-3-8;1-2/h3-4,9H,2,5-8H2,1H3;2-5H,6H2,1H3;1-2H3. The van der Waals surface area contributed by atoms with Crippen LogP contribution in [0.2, 0.25) is 0 Å². The molecule has 3 heterocycles. The third-order valence-electron chi connectivity index (χ3n) is 3.93. The second-order valence-electron chi connectivity index (χ2n) is 6.02. The van der Waals surface area contributed by atoms with Crippen LogP contribution in [-0.4, -0.2) is 47.8 Å². The van der Waals surface area contributed by atoms with Crippen LogP contribution >= 0.6 is 0 Å². The molecule has 1 saturated heterocycles. The fraction of sp³-hybridized carbons (Fsp3) is 0.455. The van der Waals surface area contributed by atoms with E-state index in [-0.39, 0.29) is 11.6 Å². The molecule has 0 radical (unpaired) electrons. The van der Waals surface area contributed by atoms with Crippen LogP contribution in [0.15, 0.2) is 42.9 Å². The fourth-order valence-corrected chi connectivity index (χ4v) is 2.52. The van der Waals surface area contributed by atoms with Gasteiger partial charge in [-0.1, -0.05) is 20.8 Å². The second kappa shape index (κ2) is 13.6. The van der Waals surface area contributed by atoms with Crippen molar-refractivity contribution in [2.24, 2.45) is 0 Å². The van der Waals surface area contributed by atoms with Crippen molar-refractivity contribution >= 4 is 17.4 Å². The van der Waals surface area contributed by atoms with Gasteiger partial charge in [0.05, 0.1) is 13.2 Å². The smallest absolute Gasteiger partial charge is 0.164 e. The number of ketones is 2. The lowest BCUT2D eigenvalue weighted by Crippen LogP contribution is -2.36. The molecule has 2 aromatic rings. The summed E-state index contributed by atoms with van der Waals surface area (Å²) in [6.07, 6.45) is 6.09. The highest BCUT2D eigenvalue weighted by molar-refractivity contribution is 5.95. The molecule has 0 amide bonds. The third kappa shape index (κ3) is 8.39. The van der Waals surface area contributed by atoms with Crippen molar-refractivity contribution in [1.82, 2.24) is 9.97 Å². The average Bonchev–Trinajstić information content (AvgIpc) is 2.76. The Kier molecular flexibility index (Phi) is 11.3. The Morgan fingerprint density at radius 3 is 2.21 bits per heavy atom. The van der Waals surface area contributed by atoms with Crippen LogP contribution in [0, 0.1) is 0 Å². The number of ether oxygens (including phenoxy) is 1. The topological polar surface area (TPSA) is 72.4 Å². The molecule has 152 valence electrons. The number of hydrogen-bond donors (Lipinski definition) is 0. The molecule has 0 aliphatic carbocycles. The fourth-order valence-electron chi connectivity index (χ4n) is 2.52. The molecule has 0 atom stereocenters. The summed E-state index contributed by atoms with van der Waals surface area (Å²) in [7, 11) is 0. The Hall–Kier alpha value is -2.60. The van der Waals surface area contributed by atoms with Gasteiger partial charge in [-0.3, -0.25) is 14.6 Å². The van der Waals surface area contributed by atoms with Crippen molar-refractivity contribution in [3.63, 3.8) is 0 Å². The Bertz CT molecular complexity index is 697. The van der Waals surface area contributed by atoms with Crippen molar-refractivity contribution in [1.29, 1.82) is 0 Å². The Balaban J connectivity index is 0.000000281. The minimum atomic E-state index is 0.140. The number of Topliss-reactive ketones (excluding diaryl/α,β-unsaturated/α-hetero) is 2. The van der Waals surface area contributed by atoms with E-state index in [1.165, 1.54) is 0 Å². The molecule has 0 bridgehead atoms.